The molecule has 1 heterocycles. The molecule has 1 aromatic rings. The Morgan fingerprint density at radius 3 is 2.71 bits per heavy atom. The van der Waals surface area contributed by atoms with E-state index < -0.39 is 0 Å². The fourth-order valence-electron chi connectivity index (χ4n) is 2.54. The van der Waals surface area contributed by atoms with Gasteiger partial charge in [0, 0.05) is 11.6 Å². The highest BCUT2D eigenvalue weighted by molar-refractivity contribution is 5.22. The number of hydrogen-bond donors (Lipinski definition) is 1. The van der Waals surface area contributed by atoms with Gasteiger partial charge in [-0.15, -0.1) is 0 Å². The van der Waals surface area contributed by atoms with Crippen molar-refractivity contribution >= 4 is 0 Å². The molecule has 96 valence electrons. The minimum absolute atomic E-state index is 0.105. The number of fused-ring (bicyclic) bond motifs is 1. The molecule has 2 atom stereocenters. The highest BCUT2D eigenvalue weighted by atomic mass is 16.5. The van der Waals surface area contributed by atoms with Gasteiger partial charge in [0.1, 0.15) is 12.4 Å². The quantitative estimate of drug-likeness (QED) is 0.854. The third kappa shape index (κ3) is 3.09. The first-order valence-corrected chi connectivity index (χ1v) is 6.57. The molecule has 0 aromatic carbocycles. The molecule has 0 saturated heterocycles. The van der Waals surface area contributed by atoms with Crippen LogP contribution in [-0.2, 0) is 17.8 Å². The molecule has 1 N–H and O–H groups in total. The van der Waals surface area contributed by atoms with E-state index in [1.165, 1.54) is 17.8 Å². The van der Waals surface area contributed by atoms with Crippen LogP contribution >= 0.6 is 0 Å². The minimum Gasteiger partial charge on any atom is -0.368 e. The van der Waals surface area contributed by atoms with Crippen LogP contribution in [0.2, 0.25) is 0 Å². The van der Waals surface area contributed by atoms with Crippen molar-refractivity contribution in [3.63, 3.8) is 0 Å². The normalized spacial score (nSPS) is 24.8. The molecule has 0 bridgehead atoms. The van der Waals surface area contributed by atoms with Gasteiger partial charge in [-0.3, -0.25) is 0 Å². The highest BCUT2D eigenvalue weighted by Gasteiger charge is 2.25. The zero-order valence-electron chi connectivity index (χ0n) is 11.6. The summed E-state index contributed by atoms with van der Waals surface area (Å²) in [6.07, 6.45) is 2.37. The van der Waals surface area contributed by atoms with Crippen LogP contribution in [0.1, 0.15) is 64.2 Å². The van der Waals surface area contributed by atoms with Crippen LogP contribution in [-0.4, -0.2) is 15.6 Å². The van der Waals surface area contributed by atoms with Crippen LogP contribution in [0, 0.1) is 5.92 Å². The van der Waals surface area contributed by atoms with Crippen LogP contribution < -0.4 is 0 Å². The minimum atomic E-state index is -0.105. The molecule has 0 fully saturated rings. The summed E-state index contributed by atoms with van der Waals surface area (Å²) in [6, 6.07) is 0. The van der Waals surface area contributed by atoms with E-state index in [1.807, 2.05) is 0 Å². The van der Waals surface area contributed by atoms with Gasteiger partial charge in [-0.2, -0.15) is 0 Å². The van der Waals surface area contributed by atoms with Crippen molar-refractivity contribution in [1.82, 2.24) is 9.97 Å². The molecule has 2 unspecified atom stereocenters. The maximum atomic E-state index is 5.76. The lowest BCUT2D eigenvalue weighted by Crippen LogP contribution is -2.19. The fourth-order valence-corrected chi connectivity index (χ4v) is 2.54. The number of aromatic amines is 1. The predicted molar refractivity (Wildman–Crippen MR) is 69.0 cm³/mol. The Morgan fingerprint density at radius 1 is 1.35 bits per heavy atom. The van der Waals surface area contributed by atoms with Gasteiger partial charge in [-0.1, -0.05) is 13.8 Å². The van der Waals surface area contributed by atoms with Gasteiger partial charge in [0.2, 0.25) is 0 Å². The molecule has 0 spiro atoms. The lowest BCUT2D eigenvalue weighted by molar-refractivity contribution is -0.0179. The van der Waals surface area contributed by atoms with E-state index in [1.54, 1.807) is 0 Å². The molecule has 3 heteroatoms. The van der Waals surface area contributed by atoms with Gasteiger partial charge in [0.25, 0.3) is 0 Å². The summed E-state index contributed by atoms with van der Waals surface area (Å²) in [6.45, 7) is 11.4. The third-order valence-corrected chi connectivity index (χ3v) is 3.28. The number of rotatable bonds is 2. The zero-order valence-corrected chi connectivity index (χ0v) is 11.6. The van der Waals surface area contributed by atoms with E-state index in [2.05, 4.69) is 44.6 Å². The van der Waals surface area contributed by atoms with E-state index in [9.17, 15) is 0 Å². The Bertz CT molecular complexity index is 389. The van der Waals surface area contributed by atoms with Gasteiger partial charge < -0.3 is 9.72 Å². The van der Waals surface area contributed by atoms with Gasteiger partial charge in [-0.25, -0.2) is 4.98 Å². The number of ether oxygens (including phenoxy) is 1. The van der Waals surface area contributed by atoms with Crippen molar-refractivity contribution < 1.29 is 4.74 Å². The van der Waals surface area contributed by atoms with E-state index in [0.29, 0.717) is 12.5 Å². The zero-order chi connectivity index (χ0) is 12.6. The molecule has 0 aliphatic heterocycles. The van der Waals surface area contributed by atoms with Gasteiger partial charge in [0.15, 0.2) is 0 Å². The van der Waals surface area contributed by atoms with E-state index >= 15 is 0 Å². The summed E-state index contributed by atoms with van der Waals surface area (Å²) < 4.78 is 5.76. The van der Waals surface area contributed by atoms with Gasteiger partial charge >= 0.3 is 0 Å². The second kappa shape index (κ2) is 4.45. The fraction of sp³-hybridized carbons (Fsp3) is 0.786. The van der Waals surface area contributed by atoms with Crippen molar-refractivity contribution in [3.05, 3.63) is 17.2 Å². The summed E-state index contributed by atoms with van der Waals surface area (Å²) in [4.78, 5) is 8.12. The Kier molecular flexibility index (Phi) is 3.30. The smallest absolute Gasteiger partial charge is 0.132 e. The SMILES string of the molecule is CC1Cc2[nH]c(COC(C)(C)C)nc2C(C)C1. The highest BCUT2D eigenvalue weighted by Crippen LogP contribution is 2.32. The topological polar surface area (TPSA) is 37.9 Å². The molecule has 0 radical (unpaired) electrons. The molecule has 0 amide bonds. The summed E-state index contributed by atoms with van der Waals surface area (Å²) in [7, 11) is 0. The lowest BCUT2D eigenvalue weighted by Gasteiger charge is -2.22. The number of nitrogens with one attached hydrogen (secondary N) is 1. The van der Waals surface area contributed by atoms with E-state index in [4.69, 9.17) is 4.74 Å². The van der Waals surface area contributed by atoms with Crippen molar-refractivity contribution in [3.8, 4) is 0 Å². The van der Waals surface area contributed by atoms with Crippen LogP contribution in [0.4, 0.5) is 0 Å². The average molecular weight is 236 g/mol. The molecule has 1 aliphatic rings. The maximum Gasteiger partial charge on any atom is 0.132 e. The molecular formula is C14H24N2O. The first kappa shape index (κ1) is 12.6. The van der Waals surface area contributed by atoms with Crippen molar-refractivity contribution in [1.29, 1.82) is 0 Å². The number of aromatic nitrogens is 2. The van der Waals surface area contributed by atoms with Crippen LogP contribution in [0.3, 0.4) is 0 Å². The third-order valence-electron chi connectivity index (χ3n) is 3.28. The molecule has 2 rings (SSSR count). The largest absolute Gasteiger partial charge is 0.368 e. The lowest BCUT2D eigenvalue weighted by atomic mass is 9.84. The first-order valence-electron chi connectivity index (χ1n) is 6.57. The van der Waals surface area contributed by atoms with Crippen LogP contribution in [0.5, 0.6) is 0 Å². The summed E-state index contributed by atoms with van der Waals surface area (Å²) in [5.74, 6) is 2.31. The first-order chi connectivity index (χ1) is 7.85. The molecule has 3 nitrogen and oxygen atoms in total. The van der Waals surface area contributed by atoms with Crippen LogP contribution in [0.25, 0.3) is 0 Å². The standard InChI is InChI=1S/C14H24N2O/c1-9-6-10(2)13-11(7-9)15-12(16-13)8-17-14(3,4)5/h9-10H,6-8H2,1-5H3,(H,15,16). The van der Waals surface area contributed by atoms with Crippen molar-refractivity contribution in [2.24, 2.45) is 5.92 Å². The van der Waals surface area contributed by atoms with Crippen molar-refractivity contribution in [2.75, 3.05) is 0 Å². The number of H-pyrrole nitrogens is 1. The summed E-state index contributed by atoms with van der Waals surface area (Å²) >= 11 is 0. The van der Waals surface area contributed by atoms with Crippen molar-refractivity contribution in [2.45, 2.75) is 65.6 Å². The van der Waals surface area contributed by atoms with Gasteiger partial charge in [-0.05, 0) is 39.5 Å². The monoisotopic (exact) mass is 236 g/mol. The number of hydrogen-bond acceptors (Lipinski definition) is 2. The number of imidazole rings is 1. The second-order valence-corrected chi connectivity index (χ2v) is 6.39. The maximum absolute atomic E-state index is 5.76. The van der Waals surface area contributed by atoms with E-state index in [-0.39, 0.29) is 5.60 Å². The predicted octanol–water partition coefficient (Wildman–Crippen LogP) is 3.41. The molecule has 1 aromatic heterocycles. The molecular weight excluding hydrogens is 212 g/mol. The molecule has 0 saturated carbocycles. The summed E-state index contributed by atoms with van der Waals surface area (Å²) in [5, 5.41) is 0. The Hall–Kier alpha value is -0.830. The Balaban J connectivity index is 2.09. The van der Waals surface area contributed by atoms with Crippen LogP contribution in [0.15, 0.2) is 0 Å². The molecule has 1 aliphatic carbocycles. The van der Waals surface area contributed by atoms with E-state index in [0.717, 1.165) is 18.2 Å². The van der Waals surface area contributed by atoms with Gasteiger partial charge in [0.05, 0.1) is 11.3 Å². The Labute approximate surface area is 104 Å². The summed E-state index contributed by atoms with van der Waals surface area (Å²) in [5.41, 5.74) is 2.48. The molecule has 17 heavy (non-hydrogen) atoms. The average Bonchev–Trinajstić information content (AvgIpc) is 2.56. The number of nitrogens with zero attached hydrogens (tertiary/aromatic N) is 1. The Morgan fingerprint density at radius 2 is 2.06 bits per heavy atom. The second-order valence-electron chi connectivity index (χ2n) is 6.39.